The van der Waals surface area contributed by atoms with Crippen LogP contribution in [0.4, 0.5) is 4.39 Å². The lowest BCUT2D eigenvalue weighted by atomic mass is 10.1. The van der Waals surface area contributed by atoms with E-state index in [2.05, 4.69) is 10.1 Å². The van der Waals surface area contributed by atoms with Gasteiger partial charge in [-0.25, -0.2) is 9.18 Å². The van der Waals surface area contributed by atoms with Crippen LogP contribution in [-0.4, -0.2) is 31.3 Å². The maximum Gasteiger partial charge on any atom is 0.337 e. The molecule has 0 saturated carbocycles. The number of amides is 1. The van der Waals surface area contributed by atoms with Crippen molar-refractivity contribution in [1.82, 2.24) is 5.32 Å². The largest absolute Gasteiger partial charge is 0.465 e. The quantitative estimate of drug-likeness (QED) is 0.436. The predicted octanol–water partition coefficient (Wildman–Crippen LogP) is 3.68. The third kappa shape index (κ3) is 6.37. The lowest BCUT2D eigenvalue weighted by Gasteiger charge is -2.04. The van der Waals surface area contributed by atoms with Crippen molar-refractivity contribution in [2.75, 3.05) is 19.4 Å². The Labute approximate surface area is 156 Å². The number of hydrogen-bond acceptors (Lipinski definition) is 4. The van der Waals surface area contributed by atoms with Crippen LogP contribution in [0.5, 0.6) is 0 Å². The van der Waals surface area contributed by atoms with Crippen LogP contribution in [0.25, 0.3) is 6.08 Å². The fourth-order valence-electron chi connectivity index (χ4n) is 2.12. The van der Waals surface area contributed by atoms with Gasteiger partial charge in [-0.15, -0.1) is 0 Å². The average molecular weight is 373 g/mol. The third-order valence-corrected chi connectivity index (χ3v) is 4.53. The summed E-state index contributed by atoms with van der Waals surface area (Å²) in [6.45, 7) is 0.504. The Bertz CT molecular complexity index is 775. The Morgan fingerprint density at radius 2 is 1.88 bits per heavy atom. The highest BCUT2D eigenvalue weighted by molar-refractivity contribution is 7.98. The minimum absolute atomic E-state index is 0.200. The molecule has 2 aromatic carbocycles. The number of thioether (sulfide) groups is 1. The van der Waals surface area contributed by atoms with Gasteiger partial charge >= 0.3 is 5.97 Å². The monoisotopic (exact) mass is 373 g/mol. The smallest absolute Gasteiger partial charge is 0.337 e. The molecule has 0 heterocycles. The molecule has 4 nitrogen and oxygen atoms in total. The summed E-state index contributed by atoms with van der Waals surface area (Å²) in [6, 6.07) is 13.4. The predicted molar refractivity (Wildman–Crippen MR) is 102 cm³/mol. The number of carbonyl (C=O) groups is 2. The van der Waals surface area contributed by atoms with E-state index in [1.54, 1.807) is 54.2 Å². The van der Waals surface area contributed by atoms with Crippen LogP contribution < -0.4 is 5.32 Å². The van der Waals surface area contributed by atoms with Crippen molar-refractivity contribution < 1.29 is 18.7 Å². The number of rotatable bonds is 8. The summed E-state index contributed by atoms with van der Waals surface area (Å²) >= 11 is 1.56. The molecule has 1 amide bonds. The van der Waals surface area contributed by atoms with Crippen LogP contribution >= 0.6 is 11.8 Å². The molecule has 2 aromatic rings. The molecule has 0 spiro atoms. The average Bonchev–Trinajstić information content (AvgIpc) is 2.67. The fraction of sp³-hybridized carbons (Fsp3) is 0.200. The van der Waals surface area contributed by atoms with E-state index in [0.717, 1.165) is 5.56 Å². The lowest BCUT2D eigenvalue weighted by Crippen LogP contribution is -2.23. The molecule has 0 aliphatic heterocycles. The number of nitrogens with one attached hydrogen (secondary N) is 1. The molecule has 0 radical (unpaired) electrons. The number of halogens is 1. The normalized spacial score (nSPS) is 10.7. The van der Waals surface area contributed by atoms with E-state index in [4.69, 9.17) is 0 Å². The number of esters is 1. The van der Waals surface area contributed by atoms with Crippen molar-refractivity contribution in [3.05, 3.63) is 77.1 Å². The Morgan fingerprint density at radius 1 is 1.15 bits per heavy atom. The zero-order chi connectivity index (χ0) is 18.8. The zero-order valence-corrected chi connectivity index (χ0v) is 15.2. The van der Waals surface area contributed by atoms with E-state index < -0.39 is 5.97 Å². The van der Waals surface area contributed by atoms with Gasteiger partial charge in [0, 0.05) is 24.1 Å². The van der Waals surface area contributed by atoms with E-state index in [1.807, 2.05) is 6.07 Å². The molecule has 0 unspecified atom stereocenters. The third-order valence-electron chi connectivity index (χ3n) is 3.52. The van der Waals surface area contributed by atoms with Gasteiger partial charge < -0.3 is 10.1 Å². The first kappa shape index (κ1) is 19.7. The molecular formula is C20H20FNO3S. The van der Waals surface area contributed by atoms with Gasteiger partial charge in [-0.3, -0.25) is 4.79 Å². The highest BCUT2D eigenvalue weighted by Crippen LogP contribution is 2.14. The molecule has 26 heavy (non-hydrogen) atoms. The molecule has 0 fully saturated rings. The molecule has 0 aliphatic rings. The SMILES string of the molecule is COC(=O)c1ccc(/C=C/C(=O)NCCSCc2ccccc2F)cc1. The summed E-state index contributed by atoms with van der Waals surface area (Å²) in [5.74, 6) is 0.469. The number of carbonyl (C=O) groups excluding carboxylic acids is 2. The van der Waals surface area contributed by atoms with Crippen molar-refractivity contribution in [3.8, 4) is 0 Å². The summed E-state index contributed by atoms with van der Waals surface area (Å²) < 4.78 is 18.1. The van der Waals surface area contributed by atoms with Gasteiger partial charge in [0.25, 0.3) is 0 Å². The van der Waals surface area contributed by atoms with Crippen molar-refractivity contribution in [2.45, 2.75) is 5.75 Å². The van der Waals surface area contributed by atoms with Crippen molar-refractivity contribution in [3.63, 3.8) is 0 Å². The number of methoxy groups -OCH3 is 1. The highest BCUT2D eigenvalue weighted by Gasteiger charge is 2.04. The van der Waals surface area contributed by atoms with Gasteiger partial charge in [0.2, 0.25) is 5.91 Å². The van der Waals surface area contributed by atoms with Crippen LogP contribution in [-0.2, 0) is 15.3 Å². The second-order valence-electron chi connectivity index (χ2n) is 5.38. The van der Waals surface area contributed by atoms with Crippen molar-refractivity contribution >= 4 is 29.7 Å². The maximum atomic E-state index is 13.5. The molecule has 0 aromatic heterocycles. The maximum absolute atomic E-state index is 13.5. The zero-order valence-electron chi connectivity index (χ0n) is 14.4. The Kier molecular flexibility index (Phi) is 7.89. The lowest BCUT2D eigenvalue weighted by molar-refractivity contribution is -0.116. The topological polar surface area (TPSA) is 55.4 Å². The summed E-state index contributed by atoms with van der Waals surface area (Å²) in [6.07, 6.45) is 3.11. The minimum atomic E-state index is -0.397. The fourth-order valence-corrected chi connectivity index (χ4v) is 2.97. The van der Waals surface area contributed by atoms with Crippen LogP contribution in [0.15, 0.2) is 54.6 Å². The molecule has 0 aliphatic carbocycles. The second-order valence-corrected chi connectivity index (χ2v) is 6.49. The Hall–Kier alpha value is -2.60. The number of hydrogen-bond donors (Lipinski definition) is 1. The Morgan fingerprint density at radius 3 is 2.58 bits per heavy atom. The van der Waals surface area contributed by atoms with E-state index >= 15 is 0 Å². The molecule has 0 bridgehead atoms. The molecule has 136 valence electrons. The number of benzene rings is 2. The molecule has 2 rings (SSSR count). The summed E-state index contributed by atoms with van der Waals surface area (Å²) in [5.41, 5.74) is 1.93. The first-order valence-corrected chi connectivity index (χ1v) is 9.21. The first-order chi connectivity index (χ1) is 12.6. The van der Waals surface area contributed by atoms with E-state index in [9.17, 15) is 14.0 Å². The highest BCUT2D eigenvalue weighted by atomic mass is 32.2. The van der Waals surface area contributed by atoms with Gasteiger partial charge in [-0.05, 0) is 35.4 Å². The van der Waals surface area contributed by atoms with E-state index in [0.29, 0.717) is 29.2 Å². The molecule has 1 N–H and O–H groups in total. The first-order valence-electron chi connectivity index (χ1n) is 8.05. The summed E-state index contributed by atoms with van der Waals surface area (Å²) in [7, 11) is 1.33. The van der Waals surface area contributed by atoms with Gasteiger partial charge in [-0.1, -0.05) is 30.3 Å². The van der Waals surface area contributed by atoms with E-state index in [-0.39, 0.29) is 11.7 Å². The van der Waals surface area contributed by atoms with Crippen molar-refractivity contribution in [2.24, 2.45) is 0 Å². The summed E-state index contributed by atoms with van der Waals surface area (Å²) in [5, 5.41) is 2.78. The molecule has 0 atom stereocenters. The van der Waals surface area contributed by atoms with Crippen molar-refractivity contribution in [1.29, 1.82) is 0 Å². The standard InChI is InChI=1S/C20H20FNO3S/c1-25-20(24)16-9-6-15(7-10-16)8-11-19(23)22-12-13-26-14-17-4-2-3-5-18(17)21/h2-11H,12-14H2,1H3,(H,22,23)/b11-8+. The van der Waals surface area contributed by atoms with Crippen LogP contribution in [0.1, 0.15) is 21.5 Å². The van der Waals surface area contributed by atoms with Gasteiger partial charge in [0.1, 0.15) is 5.82 Å². The van der Waals surface area contributed by atoms with Crippen LogP contribution in [0.3, 0.4) is 0 Å². The Balaban J connectivity index is 1.69. The molecule has 0 saturated heterocycles. The van der Waals surface area contributed by atoms with Crippen LogP contribution in [0.2, 0.25) is 0 Å². The minimum Gasteiger partial charge on any atom is -0.465 e. The summed E-state index contributed by atoms with van der Waals surface area (Å²) in [4.78, 5) is 23.1. The number of ether oxygens (including phenoxy) is 1. The van der Waals surface area contributed by atoms with Gasteiger partial charge in [0.05, 0.1) is 12.7 Å². The van der Waals surface area contributed by atoms with Gasteiger partial charge in [-0.2, -0.15) is 11.8 Å². The van der Waals surface area contributed by atoms with Crippen LogP contribution in [0, 0.1) is 5.82 Å². The van der Waals surface area contributed by atoms with E-state index in [1.165, 1.54) is 19.3 Å². The second kappa shape index (κ2) is 10.4. The molecule has 6 heteroatoms. The van der Waals surface area contributed by atoms with Gasteiger partial charge in [0.15, 0.2) is 0 Å². The molecular weight excluding hydrogens is 353 g/mol.